The van der Waals surface area contributed by atoms with Gasteiger partial charge in [0, 0.05) is 45.2 Å². The van der Waals surface area contributed by atoms with Gasteiger partial charge in [-0.15, -0.1) is 0 Å². The largest absolute Gasteiger partial charge is 0.474 e. The second kappa shape index (κ2) is 5.98. The van der Waals surface area contributed by atoms with Crippen LogP contribution in [0.5, 0.6) is 5.88 Å². The van der Waals surface area contributed by atoms with Crippen molar-refractivity contribution in [2.75, 3.05) is 0 Å². The molecular weight excluding hydrogens is 318 g/mol. The molecule has 4 rings (SSSR count). The van der Waals surface area contributed by atoms with Crippen LogP contribution in [-0.4, -0.2) is 36.4 Å². The second-order valence-electron chi connectivity index (χ2n) is 6.79. The molecule has 0 aromatic carbocycles. The predicted molar refractivity (Wildman–Crippen MR) is 93.1 cm³/mol. The molecule has 25 heavy (non-hydrogen) atoms. The van der Waals surface area contributed by atoms with Crippen molar-refractivity contribution in [3.05, 3.63) is 24.5 Å². The number of carbonyl (C=O) groups excluding carboxylic acids is 1. The Bertz CT molecular complexity index is 942. The van der Waals surface area contributed by atoms with Gasteiger partial charge in [0.05, 0.1) is 16.6 Å². The van der Waals surface area contributed by atoms with Crippen LogP contribution in [-0.2, 0) is 18.9 Å². The maximum atomic E-state index is 11.6. The Morgan fingerprint density at radius 1 is 1.24 bits per heavy atom. The lowest BCUT2D eigenvalue weighted by atomic mass is 10.0. The maximum Gasteiger partial charge on any atom is 0.225 e. The monoisotopic (exact) mass is 339 g/mol. The number of pyridine rings is 1. The van der Waals surface area contributed by atoms with E-state index in [0.717, 1.165) is 28.7 Å². The number of aromatic nitrogens is 5. The quantitative estimate of drug-likeness (QED) is 0.730. The van der Waals surface area contributed by atoms with Crippen LogP contribution in [0, 0.1) is 5.92 Å². The summed E-state index contributed by atoms with van der Waals surface area (Å²) in [5.41, 5.74) is 2.34. The van der Waals surface area contributed by atoms with Crippen molar-refractivity contribution in [3.63, 3.8) is 0 Å². The molecular formula is C18H21N5O2. The number of nitrogens with zero attached hydrogens (tertiary/aromatic N) is 5. The van der Waals surface area contributed by atoms with E-state index in [0.29, 0.717) is 24.5 Å². The summed E-state index contributed by atoms with van der Waals surface area (Å²) >= 11 is 0. The molecule has 2 atom stereocenters. The zero-order valence-corrected chi connectivity index (χ0v) is 14.6. The highest BCUT2D eigenvalue weighted by Gasteiger charge is 2.29. The van der Waals surface area contributed by atoms with Gasteiger partial charge in [-0.05, 0) is 25.5 Å². The van der Waals surface area contributed by atoms with E-state index in [-0.39, 0.29) is 12.0 Å². The van der Waals surface area contributed by atoms with Gasteiger partial charge >= 0.3 is 0 Å². The molecule has 0 unspecified atom stereocenters. The highest BCUT2D eigenvalue weighted by Crippen LogP contribution is 2.32. The minimum Gasteiger partial charge on any atom is -0.474 e. The number of rotatable bonds is 4. The number of ether oxygens (including phenoxy) is 1. The Balaban J connectivity index is 1.72. The van der Waals surface area contributed by atoms with E-state index in [1.54, 1.807) is 9.36 Å². The first-order valence-corrected chi connectivity index (χ1v) is 8.52. The number of Topliss-reactive ketones (excluding diaryl/α,β-unsaturated/α-hetero) is 1. The van der Waals surface area contributed by atoms with E-state index in [1.165, 1.54) is 0 Å². The summed E-state index contributed by atoms with van der Waals surface area (Å²) in [6, 6.07) is 3.84. The summed E-state index contributed by atoms with van der Waals surface area (Å²) < 4.78 is 9.69. The Hall–Kier alpha value is -2.70. The fraction of sp³-hybridized carbons (Fsp3) is 0.444. The summed E-state index contributed by atoms with van der Waals surface area (Å²) in [5, 5.41) is 9.79. The van der Waals surface area contributed by atoms with Crippen molar-refractivity contribution in [1.82, 2.24) is 24.5 Å². The first kappa shape index (κ1) is 15.8. The molecule has 0 aliphatic heterocycles. The van der Waals surface area contributed by atoms with Crippen LogP contribution < -0.4 is 4.74 Å². The van der Waals surface area contributed by atoms with Crippen molar-refractivity contribution >= 4 is 16.7 Å². The van der Waals surface area contributed by atoms with E-state index in [2.05, 4.69) is 10.2 Å². The van der Waals surface area contributed by atoms with Crippen LogP contribution in [0.3, 0.4) is 0 Å². The average molecular weight is 339 g/mol. The summed E-state index contributed by atoms with van der Waals surface area (Å²) in [6.45, 7) is 2.01. The standard InChI is InChI=1S/C18H21N5O2/c1-11(12-4-5-13(24)8-12)25-18-14-10-23(3)21-16(14)9-17(19-18)15-6-7-22(2)20-15/h6-7,9-12H,4-5,8H2,1-3H3/t11-,12+/m1/s1. The first-order valence-electron chi connectivity index (χ1n) is 8.52. The number of fused-ring (bicyclic) bond motifs is 1. The lowest BCUT2D eigenvalue weighted by Crippen LogP contribution is -2.22. The SMILES string of the molecule is C[C@@H](Oc1nc(-c2ccn(C)n2)cc2nn(C)cc12)[C@H]1CCC(=O)C1. The molecule has 130 valence electrons. The molecule has 3 aromatic rings. The van der Waals surface area contributed by atoms with Gasteiger partial charge in [-0.3, -0.25) is 14.2 Å². The minimum absolute atomic E-state index is 0.0682. The normalized spacial score (nSPS) is 18.8. The van der Waals surface area contributed by atoms with Gasteiger partial charge in [0.1, 0.15) is 17.6 Å². The summed E-state index contributed by atoms with van der Waals surface area (Å²) in [7, 11) is 3.75. The van der Waals surface area contributed by atoms with E-state index in [1.807, 2.05) is 45.5 Å². The van der Waals surface area contributed by atoms with Gasteiger partial charge < -0.3 is 4.74 Å². The average Bonchev–Trinajstić information content (AvgIpc) is 3.26. The van der Waals surface area contributed by atoms with Crippen LogP contribution in [0.1, 0.15) is 26.2 Å². The zero-order chi connectivity index (χ0) is 17.6. The second-order valence-corrected chi connectivity index (χ2v) is 6.79. The fourth-order valence-corrected chi connectivity index (χ4v) is 3.40. The number of aryl methyl sites for hydroxylation is 2. The topological polar surface area (TPSA) is 74.8 Å². The molecule has 0 radical (unpaired) electrons. The van der Waals surface area contributed by atoms with E-state index in [9.17, 15) is 4.79 Å². The molecule has 7 nitrogen and oxygen atoms in total. The number of ketones is 1. The first-order chi connectivity index (χ1) is 12.0. The molecule has 1 saturated carbocycles. The van der Waals surface area contributed by atoms with E-state index in [4.69, 9.17) is 9.72 Å². The molecule has 0 N–H and O–H groups in total. The lowest BCUT2D eigenvalue weighted by Gasteiger charge is -2.20. The van der Waals surface area contributed by atoms with Gasteiger partial charge in [-0.25, -0.2) is 4.98 Å². The molecule has 1 aliphatic carbocycles. The highest BCUT2D eigenvalue weighted by atomic mass is 16.5. The molecule has 7 heteroatoms. The summed E-state index contributed by atoms with van der Waals surface area (Å²) in [5.74, 6) is 1.12. The Labute approximate surface area is 145 Å². The van der Waals surface area contributed by atoms with Crippen LogP contribution in [0.2, 0.25) is 0 Å². The number of hydrogen-bond acceptors (Lipinski definition) is 5. The zero-order valence-electron chi connectivity index (χ0n) is 14.6. The Morgan fingerprint density at radius 3 is 2.76 bits per heavy atom. The smallest absolute Gasteiger partial charge is 0.225 e. The summed E-state index contributed by atoms with van der Waals surface area (Å²) in [6.07, 6.45) is 5.86. The van der Waals surface area contributed by atoms with Crippen molar-refractivity contribution in [2.24, 2.45) is 20.0 Å². The third-order valence-corrected chi connectivity index (χ3v) is 4.80. The Kier molecular flexibility index (Phi) is 3.78. The van der Waals surface area contributed by atoms with Crippen molar-refractivity contribution in [3.8, 4) is 17.3 Å². The van der Waals surface area contributed by atoms with Gasteiger partial charge in [0.15, 0.2) is 0 Å². The van der Waals surface area contributed by atoms with E-state index >= 15 is 0 Å². The molecule has 0 bridgehead atoms. The highest BCUT2D eigenvalue weighted by molar-refractivity contribution is 5.86. The third kappa shape index (κ3) is 3.01. The number of carbonyl (C=O) groups is 1. The van der Waals surface area contributed by atoms with Crippen molar-refractivity contribution < 1.29 is 9.53 Å². The third-order valence-electron chi connectivity index (χ3n) is 4.80. The fourth-order valence-electron chi connectivity index (χ4n) is 3.40. The van der Waals surface area contributed by atoms with Crippen LogP contribution in [0.25, 0.3) is 22.3 Å². The van der Waals surface area contributed by atoms with E-state index < -0.39 is 0 Å². The van der Waals surface area contributed by atoms with Crippen molar-refractivity contribution in [1.29, 1.82) is 0 Å². The van der Waals surface area contributed by atoms with Gasteiger partial charge in [-0.1, -0.05) is 0 Å². The number of hydrogen-bond donors (Lipinski definition) is 0. The molecule has 3 heterocycles. The van der Waals surface area contributed by atoms with Crippen LogP contribution in [0.4, 0.5) is 0 Å². The minimum atomic E-state index is -0.0682. The van der Waals surface area contributed by atoms with Crippen LogP contribution >= 0.6 is 0 Å². The molecule has 1 aliphatic rings. The van der Waals surface area contributed by atoms with Gasteiger partial charge in [-0.2, -0.15) is 10.2 Å². The Morgan fingerprint density at radius 2 is 2.08 bits per heavy atom. The van der Waals surface area contributed by atoms with Gasteiger partial charge in [0.2, 0.25) is 5.88 Å². The molecule has 0 amide bonds. The predicted octanol–water partition coefficient (Wildman–Crippen LogP) is 2.51. The van der Waals surface area contributed by atoms with Crippen molar-refractivity contribution in [2.45, 2.75) is 32.3 Å². The maximum absolute atomic E-state index is 11.6. The summed E-state index contributed by atoms with van der Waals surface area (Å²) in [4.78, 5) is 16.3. The molecule has 1 fully saturated rings. The van der Waals surface area contributed by atoms with Gasteiger partial charge in [0.25, 0.3) is 0 Å². The lowest BCUT2D eigenvalue weighted by molar-refractivity contribution is -0.117. The molecule has 0 spiro atoms. The molecule has 0 saturated heterocycles. The van der Waals surface area contributed by atoms with Crippen LogP contribution in [0.15, 0.2) is 24.5 Å². The molecule has 3 aromatic heterocycles.